The zero-order chi connectivity index (χ0) is 25.3. The second-order valence-electron chi connectivity index (χ2n) is 7.80. The molecule has 0 bridgehead atoms. The number of nitrogens with zero attached hydrogens (tertiary/aromatic N) is 3. The summed E-state index contributed by atoms with van der Waals surface area (Å²) in [5.74, 6) is -0.851. The van der Waals surface area contributed by atoms with Gasteiger partial charge in [0.25, 0.3) is 5.91 Å². The minimum absolute atomic E-state index is 0.272. The molecule has 0 saturated heterocycles. The Morgan fingerprint density at radius 2 is 1.61 bits per heavy atom. The molecule has 1 N–H and O–H groups in total. The highest BCUT2D eigenvalue weighted by Gasteiger charge is 2.19. The molecule has 1 heterocycles. The lowest BCUT2D eigenvalue weighted by atomic mass is 10.1. The number of nitrogens with one attached hydrogen (secondary N) is 1. The summed E-state index contributed by atoms with van der Waals surface area (Å²) in [4.78, 5) is 23.9. The fourth-order valence-corrected chi connectivity index (χ4v) is 3.86. The van der Waals surface area contributed by atoms with Gasteiger partial charge in [-0.15, -0.1) is 0 Å². The summed E-state index contributed by atoms with van der Waals surface area (Å²) < 4.78 is 7.22. The first kappa shape index (κ1) is 24.2. The van der Waals surface area contributed by atoms with Gasteiger partial charge in [0.05, 0.1) is 35.8 Å². The van der Waals surface area contributed by atoms with Gasteiger partial charge in [-0.2, -0.15) is 10.4 Å². The molecule has 1 aromatic heterocycles. The number of hydrogen-bond acceptors (Lipinski definition) is 5. The van der Waals surface area contributed by atoms with Crippen LogP contribution in [-0.4, -0.2) is 29.3 Å². The zero-order valence-electron chi connectivity index (χ0n) is 19.7. The summed E-state index contributed by atoms with van der Waals surface area (Å²) in [7, 11) is 0. The molecule has 1 amide bonds. The Balaban J connectivity index is 1.90. The summed E-state index contributed by atoms with van der Waals surface area (Å²) >= 11 is 0. The van der Waals surface area contributed by atoms with Crippen molar-refractivity contribution in [3.05, 3.63) is 102 Å². The van der Waals surface area contributed by atoms with Crippen molar-refractivity contribution in [3.63, 3.8) is 0 Å². The van der Waals surface area contributed by atoms with E-state index in [9.17, 15) is 9.59 Å². The third kappa shape index (κ3) is 5.40. The predicted molar refractivity (Wildman–Crippen MR) is 139 cm³/mol. The van der Waals surface area contributed by atoms with Crippen LogP contribution < -0.4 is 5.43 Å². The van der Waals surface area contributed by atoms with Crippen LogP contribution in [0.15, 0.2) is 96.1 Å². The Labute approximate surface area is 209 Å². The summed E-state index contributed by atoms with van der Waals surface area (Å²) in [6, 6.07) is 30.8. The molecule has 3 aromatic carbocycles. The number of ether oxygens (including phenoxy) is 1. The standard InChI is InChI=1S/C29H24N4O3/c1-2-36-29(35)23-13-15-25(16-14-23)33-26(21-9-5-3-6-10-21)19-24(20-31-32-27(34)17-18-30)28(33)22-11-7-4-8-12-22/h3-16,19-20H,2,17H2,1H3,(H,32,34). The van der Waals surface area contributed by atoms with Gasteiger partial charge in [0.1, 0.15) is 6.42 Å². The number of benzene rings is 3. The maximum Gasteiger partial charge on any atom is 0.338 e. The lowest BCUT2D eigenvalue weighted by Gasteiger charge is -2.15. The number of carbonyl (C=O) groups is 2. The van der Waals surface area contributed by atoms with Gasteiger partial charge in [-0.05, 0) is 48.4 Å². The first-order valence-corrected chi connectivity index (χ1v) is 11.5. The van der Waals surface area contributed by atoms with E-state index in [0.717, 1.165) is 33.8 Å². The average Bonchev–Trinajstić information content (AvgIpc) is 3.29. The highest BCUT2D eigenvalue weighted by atomic mass is 16.5. The molecule has 0 aliphatic rings. The number of rotatable bonds is 8. The van der Waals surface area contributed by atoms with Gasteiger partial charge in [-0.1, -0.05) is 60.7 Å². The first-order valence-electron chi connectivity index (χ1n) is 11.5. The molecule has 0 aliphatic heterocycles. The molecule has 0 aliphatic carbocycles. The lowest BCUT2D eigenvalue weighted by molar-refractivity contribution is -0.120. The molecular weight excluding hydrogens is 452 g/mol. The van der Waals surface area contributed by atoms with Crippen molar-refractivity contribution in [2.24, 2.45) is 5.10 Å². The second-order valence-corrected chi connectivity index (χ2v) is 7.80. The molecule has 0 radical (unpaired) electrons. The fourth-order valence-electron chi connectivity index (χ4n) is 3.86. The Morgan fingerprint density at radius 3 is 2.22 bits per heavy atom. The fraction of sp³-hybridized carbons (Fsp3) is 0.103. The molecule has 0 unspecified atom stereocenters. The van der Waals surface area contributed by atoms with E-state index < -0.39 is 5.91 Å². The van der Waals surface area contributed by atoms with E-state index in [1.54, 1.807) is 31.3 Å². The Hall–Kier alpha value is -4.96. The largest absolute Gasteiger partial charge is 0.462 e. The average molecular weight is 477 g/mol. The van der Waals surface area contributed by atoms with E-state index in [1.165, 1.54) is 0 Å². The van der Waals surface area contributed by atoms with Gasteiger partial charge in [0.2, 0.25) is 0 Å². The van der Waals surface area contributed by atoms with Crippen molar-refractivity contribution >= 4 is 18.1 Å². The SMILES string of the molecule is CCOC(=O)c1ccc(-n2c(-c3ccccc3)cc(C=NNC(=O)CC#N)c2-c2ccccc2)cc1. The van der Waals surface area contributed by atoms with Gasteiger partial charge in [0.15, 0.2) is 0 Å². The molecule has 0 fully saturated rings. The zero-order valence-corrected chi connectivity index (χ0v) is 19.7. The summed E-state index contributed by atoms with van der Waals surface area (Å²) in [6.45, 7) is 2.08. The first-order chi connectivity index (χ1) is 17.6. The van der Waals surface area contributed by atoms with Crippen molar-refractivity contribution < 1.29 is 14.3 Å². The Bertz CT molecular complexity index is 1420. The number of nitriles is 1. The number of carbonyl (C=O) groups excluding carboxylic acids is 2. The molecule has 7 nitrogen and oxygen atoms in total. The van der Waals surface area contributed by atoms with Crippen LogP contribution in [0.3, 0.4) is 0 Å². The quantitative estimate of drug-likeness (QED) is 0.211. The number of aromatic nitrogens is 1. The Morgan fingerprint density at radius 1 is 0.972 bits per heavy atom. The second kappa shape index (κ2) is 11.4. The number of hydrogen-bond donors (Lipinski definition) is 1. The highest BCUT2D eigenvalue weighted by molar-refractivity contribution is 5.94. The summed E-state index contributed by atoms with van der Waals surface area (Å²) in [5.41, 5.74) is 8.17. The van der Waals surface area contributed by atoms with E-state index in [1.807, 2.05) is 78.9 Å². The van der Waals surface area contributed by atoms with E-state index >= 15 is 0 Å². The van der Waals surface area contributed by atoms with Gasteiger partial charge in [-0.3, -0.25) is 4.79 Å². The van der Waals surface area contributed by atoms with Gasteiger partial charge >= 0.3 is 5.97 Å². The number of esters is 1. The maximum absolute atomic E-state index is 12.2. The molecule has 0 atom stereocenters. The van der Waals surface area contributed by atoms with Gasteiger partial charge in [0, 0.05) is 11.3 Å². The van der Waals surface area contributed by atoms with Crippen molar-refractivity contribution in [1.29, 1.82) is 5.26 Å². The third-order valence-corrected chi connectivity index (χ3v) is 5.42. The molecule has 0 saturated carbocycles. The number of hydrazone groups is 1. The van der Waals surface area contributed by atoms with Crippen LogP contribution in [0.1, 0.15) is 29.3 Å². The molecule has 178 valence electrons. The molecule has 0 spiro atoms. The normalized spacial score (nSPS) is 10.7. The molecule has 4 aromatic rings. The minimum Gasteiger partial charge on any atom is -0.462 e. The van der Waals surface area contributed by atoms with E-state index in [-0.39, 0.29) is 12.4 Å². The summed E-state index contributed by atoms with van der Waals surface area (Å²) in [6.07, 6.45) is 1.31. The van der Waals surface area contributed by atoms with Gasteiger partial charge < -0.3 is 9.30 Å². The monoisotopic (exact) mass is 476 g/mol. The van der Waals surface area contributed by atoms with Crippen molar-refractivity contribution in [1.82, 2.24) is 9.99 Å². The maximum atomic E-state index is 12.2. The van der Waals surface area contributed by atoms with Crippen LogP contribution in [0, 0.1) is 11.3 Å². The molecular formula is C29H24N4O3. The number of amides is 1. The third-order valence-electron chi connectivity index (χ3n) is 5.42. The van der Waals surface area contributed by atoms with Crippen LogP contribution in [0.2, 0.25) is 0 Å². The summed E-state index contributed by atoms with van der Waals surface area (Å²) in [5, 5.41) is 12.8. The van der Waals surface area contributed by atoms with Crippen LogP contribution in [0.5, 0.6) is 0 Å². The van der Waals surface area contributed by atoms with Crippen LogP contribution in [0.25, 0.3) is 28.2 Å². The Kier molecular flexibility index (Phi) is 7.69. The predicted octanol–water partition coefficient (Wildman–Crippen LogP) is 5.35. The lowest BCUT2D eigenvalue weighted by Crippen LogP contribution is -2.16. The van der Waals surface area contributed by atoms with Crippen LogP contribution in [-0.2, 0) is 9.53 Å². The molecule has 36 heavy (non-hydrogen) atoms. The van der Waals surface area contributed by atoms with Crippen molar-refractivity contribution in [3.8, 4) is 34.3 Å². The topological polar surface area (TPSA) is 96.5 Å². The van der Waals surface area contributed by atoms with Crippen molar-refractivity contribution in [2.45, 2.75) is 13.3 Å². The highest BCUT2D eigenvalue weighted by Crippen LogP contribution is 2.35. The van der Waals surface area contributed by atoms with Crippen LogP contribution >= 0.6 is 0 Å². The van der Waals surface area contributed by atoms with E-state index in [0.29, 0.717) is 12.2 Å². The van der Waals surface area contributed by atoms with E-state index in [4.69, 9.17) is 10.00 Å². The molecule has 7 heteroatoms. The van der Waals surface area contributed by atoms with Gasteiger partial charge in [-0.25, -0.2) is 10.2 Å². The van der Waals surface area contributed by atoms with Crippen molar-refractivity contribution in [2.75, 3.05) is 6.61 Å². The smallest absolute Gasteiger partial charge is 0.338 e. The molecule has 4 rings (SSSR count). The van der Waals surface area contributed by atoms with E-state index in [2.05, 4.69) is 15.1 Å². The van der Waals surface area contributed by atoms with Crippen LogP contribution in [0.4, 0.5) is 0 Å². The minimum atomic E-state index is -0.479.